The minimum absolute atomic E-state index is 0.0495. The van der Waals surface area contributed by atoms with Gasteiger partial charge in [0.15, 0.2) is 0 Å². The third-order valence-electron chi connectivity index (χ3n) is 5.97. The number of benzene rings is 2. The van der Waals surface area contributed by atoms with Crippen LogP contribution in [0.1, 0.15) is 50.3 Å². The molecule has 0 aliphatic rings. The average Bonchev–Trinajstić information content (AvgIpc) is 2.79. The number of halogens is 1. The van der Waals surface area contributed by atoms with Gasteiger partial charge in [0.1, 0.15) is 12.6 Å². The molecule has 7 nitrogen and oxygen atoms in total. The lowest BCUT2D eigenvalue weighted by Gasteiger charge is -2.33. The molecular formula is C26H36ClN3O4S. The maximum atomic E-state index is 13.7. The topological polar surface area (TPSA) is 86.8 Å². The van der Waals surface area contributed by atoms with E-state index in [1.165, 1.54) is 4.90 Å². The van der Waals surface area contributed by atoms with Crippen molar-refractivity contribution in [1.82, 2.24) is 10.2 Å². The average molecular weight is 522 g/mol. The molecule has 0 saturated carbocycles. The van der Waals surface area contributed by atoms with Crippen LogP contribution in [-0.2, 0) is 26.2 Å². The molecule has 0 heterocycles. The Balaban J connectivity index is 2.47. The number of sulfonamides is 1. The van der Waals surface area contributed by atoms with Crippen molar-refractivity contribution in [3.05, 3.63) is 64.2 Å². The quantitative estimate of drug-likeness (QED) is 0.473. The molecule has 0 spiro atoms. The molecule has 0 radical (unpaired) electrons. The Labute approximate surface area is 214 Å². The molecule has 35 heavy (non-hydrogen) atoms. The highest BCUT2D eigenvalue weighted by molar-refractivity contribution is 7.92. The van der Waals surface area contributed by atoms with E-state index in [-0.39, 0.29) is 18.5 Å². The Morgan fingerprint density at radius 2 is 1.66 bits per heavy atom. The van der Waals surface area contributed by atoms with Gasteiger partial charge in [0.25, 0.3) is 0 Å². The maximum absolute atomic E-state index is 13.7. The first-order chi connectivity index (χ1) is 16.4. The van der Waals surface area contributed by atoms with E-state index in [9.17, 15) is 18.0 Å². The number of anilines is 1. The molecule has 192 valence electrons. The van der Waals surface area contributed by atoms with Gasteiger partial charge in [-0.25, -0.2) is 8.42 Å². The number of carbonyl (C=O) groups is 2. The van der Waals surface area contributed by atoms with Crippen LogP contribution in [0.5, 0.6) is 0 Å². The van der Waals surface area contributed by atoms with Crippen LogP contribution in [-0.4, -0.2) is 50.0 Å². The van der Waals surface area contributed by atoms with Gasteiger partial charge in [0.05, 0.1) is 11.9 Å². The second kappa shape index (κ2) is 12.4. The van der Waals surface area contributed by atoms with Crippen molar-refractivity contribution in [1.29, 1.82) is 0 Å². The van der Waals surface area contributed by atoms with Crippen molar-refractivity contribution in [3.63, 3.8) is 0 Å². The Morgan fingerprint density at radius 1 is 1.03 bits per heavy atom. The van der Waals surface area contributed by atoms with Crippen LogP contribution >= 0.6 is 11.6 Å². The zero-order valence-electron chi connectivity index (χ0n) is 21.3. The molecule has 0 aromatic heterocycles. The van der Waals surface area contributed by atoms with Gasteiger partial charge in [-0.05, 0) is 68.5 Å². The first-order valence-corrected chi connectivity index (χ1v) is 14.0. The van der Waals surface area contributed by atoms with Gasteiger partial charge in [0, 0.05) is 17.6 Å². The Hall–Kier alpha value is -2.58. The number of nitrogens with zero attached hydrogens (tertiary/aromatic N) is 2. The normalized spacial score (nSPS) is 13.1. The van der Waals surface area contributed by atoms with Crippen LogP contribution in [0.25, 0.3) is 0 Å². The van der Waals surface area contributed by atoms with Crippen LogP contribution in [0.15, 0.2) is 42.5 Å². The number of nitrogens with one attached hydrogen (secondary N) is 1. The highest BCUT2D eigenvalue weighted by Gasteiger charge is 2.32. The van der Waals surface area contributed by atoms with Gasteiger partial charge in [0.2, 0.25) is 21.8 Å². The van der Waals surface area contributed by atoms with Crippen molar-refractivity contribution >= 4 is 39.1 Å². The Kier molecular flexibility index (Phi) is 10.2. The highest BCUT2D eigenvalue weighted by atomic mass is 35.5. The molecule has 0 saturated heterocycles. The van der Waals surface area contributed by atoms with Crippen molar-refractivity contribution in [3.8, 4) is 0 Å². The molecule has 2 atom stereocenters. The second-order valence-electron chi connectivity index (χ2n) is 8.95. The van der Waals surface area contributed by atoms with E-state index in [4.69, 9.17) is 11.6 Å². The first-order valence-electron chi connectivity index (χ1n) is 11.8. The van der Waals surface area contributed by atoms with E-state index in [2.05, 4.69) is 5.32 Å². The SMILES string of the molecule is CC[C@H](C)NC(=O)[C@H](CC)N(Cc1ccc(Cl)cc1)C(=O)CN(c1cc(C)ccc1C)S(C)(=O)=O. The smallest absolute Gasteiger partial charge is 0.244 e. The molecule has 0 aliphatic carbocycles. The van der Waals surface area contributed by atoms with E-state index in [1.807, 2.05) is 39.8 Å². The zero-order chi connectivity index (χ0) is 26.3. The fraction of sp³-hybridized carbons (Fsp3) is 0.462. The molecule has 2 aromatic rings. The minimum atomic E-state index is -3.77. The third-order valence-corrected chi connectivity index (χ3v) is 7.34. The monoisotopic (exact) mass is 521 g/mol. The number of hydrogen-bond donors (Lipinski definition) is 1. The standard InChI is InChI=1S/C26H36ClN3O4S/c1-7-20(5)28-26(32)23(8-2)29(16-21-11-13-22(27)14-12-21)25(31)17-30(35(6,33)34)24-15-18(3)9-10-19(24)4/h9-15,20,23H,7-8,16-17H2,1-6H3,(H,28,32)/t20-,23-/m0/s1. The van der Waals surface area contributed by atoms with Gasteiger partial charge in [-0.1, -0.05) is 49.7 Å². The van der Waals surface area contributed by atoms with E-state index in [0.717, 1.165) is 33.7 Å². The van der Waals surface area contributed by atoms with Gasteiger partial charge < -0.3 is 10.2 Å². The fourth-order valence-electron chi connectivity index (χ4n) is 3.73. The summed E-state index contributed by atoms with van der Waals surface area (Å²) in [6, 6.07) is 11.7. The number of carbonyl (C=O) groups excluding carboxylic acids is 2. The zero-order valence-corrected chi connectivity index (χ0v) is 22.9. The summed E-state index contributed by atoms with van der Waals surface area (Å²) in [5.41, 5.74) is 2.85. The summed E-state index contributed by atoms with van der Waals surface area (Å²) in [7, 11) is -3.77. The lowest BCUT2D eigenvalue weighted by molar-refractivity contribution is -0.140. The molecule has 2 amide bonds. The van der Waals surface area contributed by atoms with E-state index in [0.29, 0.717) is 17.1 Å². The lowest BCUT2D eigenvalue weighted by Crippen LogP contribution is -2.53. The van der Waals surface area contributed by atoms with Crippen LogP contribution < -0.4 is 9.62 Å². The number of hydrogen-bond acceptors (Lipinski definition) is 4. The first kappa shape index (κ1) is 28.7. The summed E-state index contributed by atoms with van der Waals surface area (Å²) in [6.45, 7) is 9.11. The fourth-order valence-corrected chi connectivity index (χ4v) is 4.75. The summed E-state index contributed by atoms with van der Waals surface area (Å²) in [5, 5.41) is 3.52. The molecule has 0 bridgehead atoms. The van der Waals surface area contributed by atoms with Crippen molar-refractivity contribution in [2.24, 2.45) is 0 Å². The van der Waals surface area contributed by atoms with Crippen LogP contribution in [0.2, 0.25) is 5.02 Å². The Bertz CT molecular complexity index is 1140. The second-order valence-corrected chi connectivity index (χ2v) is 11.3. The number of rotatable bonds is 11. The van der Waals surface area contributed by atoms with Crippen molar-refractivity contribution in [2.75, 3.05) is 17.1 Å². The van der Waals surface area contributed by atoms with Gasteiger partial charge in [-0.2, -0.15) is 0 Å². The largest absolute Gasteiger partial charge is 0.352 e. The summed E-state index contributed by atoms with van der Waals surface area (Å²) in [6.07, 6.45) is 2.21. The lowest BCUT2D eigenvalue weighted by atomic mass is 10.1. The number of amides is 2. The molecular weight excluding hydrogens is 486 g/mol. The molecule has 1 N–H and O–H groups in total. The van der Waals surface area contributed by atoms with E-state index < -0.39 is 28.5 Å². The third kappa shape index (κ3) is 7.97. The van der Waals surface area contributed by atoms with Crippen LogP contribution in [0.3, 0.4) is 0 Å². The van der Waals surface area contributed by atoms with E-state index >= 15 is 0 Å². The highest BCUT2D eigenvalue weighted by Crippen LogP contribution is 2.25. The van der Waals surface area contributed by atoms with Gasteiger partial charge >= 0.3 is 0 Å². The molecule has 0 aliphatic heterocycles. The predicted molar refractivity (Wildman–Crippen MR) is 142 cm³/mol. The van der Waals surface area contributed by atoms with Crippen LogP contribution in [0, 0.1) is 13.8 Å². The number of aryl methyl sites for hydroxylation is 2. The predicted octanol–water partition coefficient (Wildman–Crippen LogP) is 4.44. The summed E-state index contributed by atoms with van der Waals surface area (Å²) < 4.78 is 26.7. The summed E-state index contributed by atoms with van der Waals surface area (Å²) in [4.78, 5) is 28.3. The summed E-state index contributed by atoms with van der Waals surface area (Å²) in [5.74, 6) is -0.723. The molecule has 2 rings (SSSR count). The molecule has 9 heteroatoms. The van der Waals surface area contributed by atoms with Gasteiger partial charge in [-0.15, -0.1) is 0 Å². The maximum Gasteiger partial charge on any atom is 0.244 e. The van der Waals surface area contributed by atoms with Crippen LogP contribution in [0.4, 0.5) is 5.69 Å². The van der Waals surface area contributed by atoms with E-state index in [1.54, 1.807) is 37.3 Å². The van der Waals surface area contributed by atoms with Crippen molar-refractivity contribution in [2.45, 2.75) is 66.1 Å². The molecule has 2 aromatic carbocycles. The molecule has 0 unspecified atom stereocenters. The van der Waals surface area contributed by atoms with Gasteiger partial charge in [-0.3, -0.25) is 13.9 Å². The minimum Gasteiger partial charge on any atom is -0.352 e. The summed E-state index contributed by atoms with van der Waals surface area (Å²) >= 11 is 6.02. The molecule has 0 fully saturated rings. The van der Waals surface area contributed by atoms with Crippen molar-refractivity contribution < 1.29 is 18.0 Å². The Morgan fingerprint density at radius 3 is 2.20 bits per heavy atom.